The molecule has 9 heteroatoms. The number of aryl methyl sites for hydroxylation is 1. The van der Waals surface area contributed by atoms with E-state index in [1.165, 1.54) is 16.8 Å². The molecule has 0 amide bonds. The molecule has 2 aromatic heterocycles. The molecule has 0 saturated carbocycles. The van der Waals surface area contributed by atoms with Crippen molar-refractivity contribution >= 4 is 27.0 Å². The molecule has 23 heavy (non-hydrogen) atoms. The van der Waals surface area contributed by atoms with Gasteiger partial charge in [-0.2, -0.15) is 18.3 Å². The summed E-state index contributed by atoms with van der Waals surface area (Å²) in [6.45, 7) is 1.85. The number of benzene rings is 1. The second kappa shape index (κ2) is 5.48. The van der Waals surface area contributed by atoms with Crippen molar-refractivity contribution in [3.63, 3.8) is 0 Å². The molecule has 0 unspecified atom stereocenters. The number of aromatic amines is 1. The summed E-state index contributed by atoms with van der Waals surface area (Å²) in [5, 5.41) is 4.49. The highest BCUT2D eigenvalue weighted by molar-refractivity contribution is 9.10. The normalized spacial score (nSPS) is 12.0. The van der Waals surface area contributed by atoms with Gasteiger partial charge in [-0.05, 0) is 40.5 Å². The minimum Gasteiger partial charge on any atom is -0.310 e. The molecule has 1 N–H and O–H groups in total. The fourth-order valence-corrected chi connectivity index (χ4v) is 2.78. The van der Waals surface area contributed by atoms with Crippen molar-refractivity contribution in [2.45, 2.75) is 19.6 Å². The fourth-order valence-electron chi connectivity index (χ4n) is 2.23. The molecule has 0 radical (unpaired) electrons. The molecular weight excluding hydrogens is 377 g/mol. The van der Waals surface area contributed by atoms with E-state index in [2.05, 4.69) is 31.0 Å². The molecule has 1 aromatic carbocycles. The standard InChI is InChI=1S/C14H10BrF3N4O/c1-7-19-12-10(13(23)20-7)11(15)21-22(12)6-8-2-4-9(5-3-8)14(16,17)18/h2-5H,6H2,1H3,(H,19,20,23). The lowest BCUT2D eigenvalue weighted by Crippen LogP contribution is -2.11. The van der Waals surface area contributed by atoms with Crippen molar-refractivity contribution in [3.05, 3.63) is 56.2 Å². The molecule has 0 fully saturated rings. The minimum absolute atomic E-state index is 0.204. The Balaban J connectivity index is 2.01. The second-order valence-electron chi connectivity index (χ2n) is 4.99. The van der Waals surface area contributed by atoms with Gasteiger partial charge in [0.25, 0.3) is 5.56 Å². The number of nitrogens with one attached hydrogen (secondary N) is 1. The van der Waals surface area contributed by atoms with Gasteiger partial charge < -0.3 is 4.98 Å². The van der Waals surface area contributed by atoms with Gasteiger partial charge in [0.05, 0.1) is 12.1 Å². The molecular formula is C14H10BrF3N4O. The van der Waals surface area contributed by atoms with Gasteiger partial charge in [0.15, 0.2) is 5.65 Å². The summed E-state index contributed by atoms with van der Waals surface area (Å²) in [5.41, 5.74) is -0.0381. The predicted octanol–water partition coefficient (Wildman–Crippen LogP) is 3.26. The first kappa shape index (κ1) is 15.7. The van der Waals surface area contributed by atoms with E-state index in [0.29, 0.717) is 27.0 Å². The molecule has 3 aromatic rings. The van der Waals surface area contributed by atoms with Gasteiger partial charge in [-0.3, -0.25) is 4.79 Å². The van der Waals surface area contributed by atoms with Crippen LogP contribution in [0.3, 0.4) is 0 Å². The summed E-state index contributed by atoms with van der Waals surface area (Å²) >= 11 is 3.20. The second-order valence-corrected chi connectivity index (χ2v) is 5.74. The number of hydrogen-bond acceptors (Lipinski definition) is 3. The quantitative estimate of drug-likeness (QED) is 0.735. The number of hydrogen-bond donors (Lipinski definition) is 1. The Morgan fingerprint density at radius 3 is 2.52 bits per heavy atom. The van der Waals surface area contributed by atoms with Crippen LogP contribution in [0.15, 0.2) is 33.7 Å². The van der Waals surface area contributed by atoms with Crippen LogP contribution in [0.2, 0.25) is 0 Å². The minimum atomic E-state index is -4.37. The van der Waals surface area contributed by atoms with Crippen molar-refractivity contribution in [2.75, 3.05) is 0 Å². The van der Waals surface area contributed by atoms with Crippen molar-refractivity contribution in [1.82, 2.24) is 19.7 Å². The van der Waals surface area contributed by atoms with Gasteiger partial charge in [-0.1, -0.05) is 12.1 Å². The van der Waals surface area contributed by atoms with Crippen LogP contribution in [-0.4, -0.2) is 19.7 Å². The molecule has 0 aliphatic carbocycles. The number of H-pyrrole nitrogens is 1. The van der Waals surface area contributed by atoms with Gasteiger partial charge in [0.1, 0.15) is 15.8 Å². The highest BCUT2D eigenvalue weighted by atomic mass is 79.9. The van der Waals surface area contributed by atoms with Gasteiger partial charge in [0.2, 0.25) is 0 Å². The van der Waals surface area contributed by atoms with Crippen LogP contribution in [-0.2, 0) is 12.7 Å². The summed E-state index contributed by atoms with van der Waals surface area (Å²) in [5.74, 6) is 0.434. The first-order valence-corrected chi connectivity index (χ1v) is 7.34. The molecule has 2 heterocycles. The third kappa shape index (κ3) is 3.00. The maximum atomic E-state index is 12.6. The van der Waals surface area contributed by atoms with Crippen molar-refractivity contribution in [1.29, 1.82) is 0 Å². The summed E-state index contributed by atoms with van der Waals surface area (Å²) in [6.07, 6.45) is -4.37. The van der Waals surface area contributed by atoms with E-state index in [-0.39, 0.29) is 12.1 Å². The molecule has 0 spiro atoms. The zero-order valence-electron chi connectivity index (χ0n) is 11.8. The first-order valence-electron chi connectivity index (χ1n) is 6.55. The van der Waals surface area contributed by atoms with Crippen molar-refractivity contribution in [2.24, 2.45) is 0 Å². The van der Waals surface area contributed by atoms with Crippen LogP contribution in [0.4, 0.5) is 13.2 Å². The third-order valence-corrected chi connectivity index (χ3v) is 3.85. The Kier molecular flexibility index (Phi) is 3.75. The maximum absolute atomic E-state index is 12.6. The lowest BCUT2D eigenvalue weighted by atomic mass is 10.1. The summed E-state index contributed by atoms with van der Waals surface area (Å²) in [4.78, 5) is 18.8. The number of fused-ring (bicyclic) bond motifs is 1. The van der Waals surface area contributed by atoms with Crippen LogP contribution in [0, 0.1) is 6.92 Å². The number of alkyl halides is 3. The summed E-state index contributed by atoms with van der Waals surface area (Å²) in [6, 6.07) is 4.79. The van der Waals surface area contributed by atoms with E-state index in [0.717, 1.165) is 12.1 Å². The molecule has 0 aliphatic rings. The van der Waals surface area contributed by atoms with E-state index >= 15 is 0 Å². The van der Waals surface area contributed by atoms with E-state index < -0.39 is 11.7 Å². The molecule has 0 aliphatic heterocycles. The lowest BCUT2D eigenvalue weighted by molar-refractivity contribution is -0.137. The molecule has 0 atom stereocenters. The Bertz CT molecular complexity index is 928. The Morgan fingerprint density at radius 2 is 1.91 bits per heavy atom. The van der Waals surface area contributed by atoms with Crippen LogP contribution in [0.1, 0.15) is 17.0 Å². The number of nitrogens with zero attached hydrogens (tertiary/aromatic N) is 3. The molecule has 0 saturated heterocycles. The van der Waals surface area contributed by atoms with Crippen LogP contribution in [0.25, 0.3) is 11.0 Å². The average molecular weight is 387 g/mol. The summed E-state index contributed by atoms with van der Waals surface area (Å²) < 4.78 is 39.5. The highest BCUT2D eigenvalue weighted by Gasteiger charge is 2.29. The highest BCUT2D eigenvalue weighted by Crippen LogP contribution is 2.29. The molecule has 0 bridgehead atoms. The summed E-state index contributed by atoms with van der Waals surface area (Å²) in [7, 11) is 0. The van der Waals surface area contributed by atoms with Gasteiger partial charge >= 0.3 is 6.18 Å². The van der Waals surface area contributed by atoms with E-state index in [1.807, 2.05) is 0 Å². The van der Waals surface area contributed by atoms with Crippen molar-refractivity contribution < 1.29 is 13.2 Å². The van der Waals surface area contributed by atoms with E-state index in [9.17, 15) is 18.0 Å². The Hall–Kier alpha value is -2.16. The van der Waals surface area contributed by atoms with Crippen LogP contribution in [0.5, 0.6) is 0 Å². The van der Waals surface area contributed by atoms with Crippen LogP contribution < -0.4 is 5.56 Å². The third-order valence-electron chi connectivity index (χ3n) is 3.29. The maximum Gasteiger partial charge on any atom is 0.416 e. The molecule has 120 valence electrons. The zero-order chi connectivity index (χ0) is 16.8. The Labute approximate surface area is 136 Å². The number of rotatable bonds is 2. The molecule has 3 rings (SSSR count). The molecule has 5 nitrogen and oxygen atoms in total. The monoisotopic (exact) mass is 386 g/mol. The fraction of sp³-hybridized carbons (Fsp3) is 0.214. The topological polar surface area (TPSA) is 63.6 Å². The number of halogens is 4. The van der Waals surface area contributed by atoms with E-state index in [1.54, 1.807) is 6.92 Å². The van der Waals surface area contributed by atoms with Gasteiger partial charge in [0, 0.05) is 0 Å². The Morgan fingerprint density at radius 1 is 1.26 bits per heavy atom. The first-order chi connectivity index (χ1) is 10.8. The SMILES string of the molecule is Cc1nc2c(c(Br)nn2Cc2ccc(C(F)(F)F)cc2)c(=O)[nH]1. The van der Waals surface area contributed by atoms with Crippen LogP contribution >= 0.6 is 15.9 Å². The van der Waals surface area contributed by atoms with E-state index in [4.69, 9.17) is 0 Å². The number of aromatic nitrogens is 4. The zero-order valence-corrected chi connectivity index (χ0v) is 13.4. The smallest absolute Gasteiger partial charge is 0.310 e. The van der Waals surface area contributed by atoms with Gasteiger partial charge in [-0.25, -0.2) is 9.67 Å². The van der Waals surface area contributed by atoms with Crippen molar-refractivity contribution in [3.8, 4) is 0 Å². The largest absolute Gasteiger partial charge is 0.416 e. The average Bonchev–Trinajstić information content (AvgIpc) is 2.74. The van der Waals surface area contributed by atoms with Gasteiger partial charge in [-0.15, -0.1) is 0 Å². The lowest BCUT2D eigenvalue weighted by Gasteiger charge is -2.08. The predicted molar refractivity (Wildman–Crippen MR) is 81.1 cm³/mol.